The summed E-state index contributed by atoms with van der Waals surface area (Å²) < 4.78 is 5.58. The molecule has 0 spiro atoms. The fraction of sp³-hybridized carbons (Fsp3) is 0.643. The molecule has 1 aliphatic rings. The van der Waals surface area contributed by atoms with E-state index in [-0.39, 0.29) is 5.60 Å². The van der Waals surface area contributed by atoms with Crippen LogP contribution in [0.4, 0.5) is 5.82 Å². The zero-order chi connectivity index (χ0) is 13.2. The summed E-state index contributed by atoms with van der Waals surface area (Å²) in [5.74, 6) is 0.961. The van der Waals surface area contributed by atoms with Gasteiger partial charge in [0.2, 0.25) is 0 Å². The molecule has 1 saturated heterocycles. The van der Waals surface area contributed by atoms with Crippen molar-refractivity contribution in [1.82, 2.24) is 4.98 Å². The first-order valence-electron chi connectivity index (χ1n) is 6.48. The minimum atomic E-state index is -0.461. The quantitative estimate of drug-likeness (QED) is 0.892. The van der Waals surface area contributed by atoms with E-state index in [0.717, 1.165) is 37.3 Å². The van der Waals surface area contributed by atoms with Gasteiger partial charge < -0.3 is 14.7 Å². The van der Waals surface area contributed by atoms with E-state index in [4.69, 9.17) is 4.74 Å². The lowest BCUT2D eigenvalue weighted by atomic mass is 9.95. The Balaban J connectivity index is 2.11. The second kappa shape index (κ2) is 5.24. The molecule has 2 heterocycles. The Kier molecular flexibility index (Phi) is 3.88. The van der Waals surface area contributed by atoms with Crippen LogP contribution in [-0.2, 0) is 4.74 Å². The molecule has 18 heavy (non-hydrogen) atoms. The maximum absolute atomic E-state index is 9.47. The molecule has 0 saturated carbocycles. The van der Waals surface area contributed by atoms with Gasteiger partial charge >= 0.3 is 0 Å². The van der Waals surface area contributed by atoms with Gasteiger partial charge in [-0.05, 0) is 38.3 Å². The number of anilines is 1. The van der Waals surface area contributed by atoms with E-state index >= 15 is 0 Å². The minimum Gasteiger partial charge on any atom is -0.389 e. The lowest BCUT2D eigenvalue weighted by Gasteiger charge is -2.40. The molecular formula is C14H22N2O2. The van der Waals surface area contributed by atoms with Crippen molar-refractivity contribution in [3.63, 3.8) is 0 Å². The molecule has 1 fully saturated rings. The second-order valence-electron chi connectivity index (χ2n) is 5.30. The summed E-state index contributed by atoms with van der Waals surface area (Å²) in [4.78, 5) is 6.68. The maximum Gasteiger partial charge on any atom is 0.128 e. The Labute approximate surface area is 109 Å². The number of pyridine rings is 1. The fourth-order valence-corrected chi connectivity index (χ4v) is 2.40. The highest BCUT2D eigenvalue weighted by molar-refractivity contribution is 5.40. The Hall–Kier alpha value is -1.13. The topological polar surface area (TPSA) is 45.6 Å². The van der Waals surface area contributed by atoms with Crippen molar-refractivity contribution in [2.75, 3.05) is 25.1 Å². The van der Waals surface area contributed by atoms with Crippen LogP contribution in [0.25, 0.3) is 0 Å². The Morgan fingerprint density at radius 3 is 2.83 bits per heavy atom. The van der Waals surface area contributed by atoms with E-state index in [2.05, 4.69) is 16.8 Å². The van der Waals surface area contributed by atoms with Crippen molar-refractivity contribution >= 4 is 5.82 Å². The summed E-state index contributed by atoms with van der Waals surface area (Å²) in [6.45, 7) is 5.77. The zero-order valence-corrected chi connectivity index (χ0v) is 11.4. The van der Waals surface area contributed by atoms with Gasteiger partial charge in [-0.15, -0.1) is 0 Å². The maximum atomic E-state index is 9.47. The van der Waals surface area contributed by atoms with E-state index in [0.29, 0.717) is 0 Å². The molecule has 2 rings (SSSR count). The normalized spacial score (nSPS) is 26.1. The highest BCUT2D eigenvalue weighted by Gasteiger charge is 2.31. The molecule has 0 aromatic carbocycles. The van der Waals surface area contributed by atoms with Gasteiger partial charge in [0, 0.05) is 26.4 Å². The van der Waals surface area contributed by atoms with Gasteiger partial charge in [0.15, 0.2) is 0 Å². The molecule has 1 N–H and O–H groups in total. The molecule has 4 nitrogen and oxygen atoms in total. The number of ether oxygens (including phenoxy) is 1. The van der Waals surface area contributed by atoms with E-state index in [9.17, 15) is 5.11 Å². The number of methoxy groups -OCH3 is 1. The number of hydrogen-bond acceptors (Lipinski definition) is 4. The van der Waals surface area contributed by atoms with Crippen LogP contribution in [0.2, 0.25) is 0 Å². The van der Waals surface area contributed by atoms with Crippen molar-refractivity contribution in [3.05, 3.63) is 23.9 Å². The third kappa shape index (κ3) is 2.82. The summed E-state index contributed by atoms with van der Waals surface area (Å²) in [5.41, 5.74) is 0.772. The van der Waals surface area contributed by atoms with Gasteiger partial charge in [-0.2, -0.15) is 0 Å². The lowest BCUT2D eigenvalue weighted by Crippen LogP contribution is -2.47. The number of aliphatic hydroxyl groups is 1. The van der Waals surface area contributed by atoms with Crippen LogP contribution in [0.15, 0.2) is 18.3 Å². The number of hydrogen-bond donors (Lipinski definition) is 1. The molecular weight excluding hydrogens is 228 g/mol. The van der Waals surface area contributed by atoms with Gasteiger partial charge in [0.05, 0.1) is 11.7 Å². The molecule has 4 heteroatoms. The van der Waals surface area contributed by atoms with Crippen LogP contribution in [0.3, 0.4) is 0 Å². The third-order valence-electron chi connectivity index (χ3n) is 3.73. The number of aliphatic hydroxyl groups excluding tert-OH is 1. The molecule has 100 valence electrons. The molecule has 1 aliphatic heterocycles. The monoisotopic (exact) mass is 250 g/mol. The second-order valence-corrected chi connectivity index (χ2v) is 5.30. The number of aromatic nitrogens is 1. The average molecular weight is 250 g/mol. The molecule has 1 aromatic heterocycles. The van der Waals surface area contributed by atoms with Crippen LogP contribution >= 0.6 is 0 Å². The van der Waals surface area contributed by atoms with E-state index in [1.807, 2.05) is 12.1 Å². The molecule has 1 unspecified atom stereocenters. The highest BCUT2D eigenvalue weighted by atomic mass is 16.5. The summed E-state index contributed by atoms with van der Waals surface area (Å²) in [6, 6.07) is 3.91. The molecule has 2 atom stereocenters. The fourth-order valence-electron chi connectivity index (χ4n) is 2.40. The standard InChI is InChI=1S/C14H22N2O2/c1-11(17)12-5-6-13(15-9-12)16-8-4-7-14(2,10-16)18-3/h5-6,9,11,17H,4,7-8,10H2,1-3H3/t11-,14?/m0/s1. The van der Waals surface area contributed by atoms with Crippen LogP contribution < -0.4 is 4.90 Å². The summed E-state index contributed by atoms with van der Waals surface area (Å²) >= 11 is 0. The number of piperidine rings is 1. The van der Waals surface area contributed by atoms with Gasteiger partial charge in [-0.1, -0.05) is 6.07 Å². The van der Waals surface area contributed by atoms with E-state index in [1.165, 1.54) is 0 Å². The van der Waals surface area contributed by atoms with Crippen LogP contribution in [-0.4, -0.2) is 35.9 Å². The van der Waals surface area contributed by atoms with Crippen LogP contribution in [0, 0.1) is 0 Å². The average Bonchev–Trinajstić information content (AvgIpc) is 2.39. The van der Waals surface area contributed by atoms with Crippen molar-refractivity contribution in [2.24, 2.45) is 0 Å². The lowest BCUT2D eigenvalue weighted by molar-refractivity contribution is -0.00481. The zero-order valence-electron chi connectivity index (χ0n) is 11.4. The third-order valence-corrected chi connectivity index (χ3v) is 3.73. The molecule has 0 aliphatic carbocycles. The van der Waals surface area contributed by atoms with Crippen molar-refractivity contribution < 1.29 is 9.84 Å². The first kappa shape index (κ1) is 13.3. The molecule has 0 radical (unpaired) electrons. The number of rotatable bonds is 3. The summed E-state index contributed by atoms with van der Waals surface area (Å²) in [7, 11) is 1.77. The van der Waals surface area contributed by atoms with Gasteiger partial charge in [-0.25, -0.2) is 4.98 Å². The first-order chi connectivity index (χ1) is 8.54. The van der Waals surface area contributed by atoms with Gasteiger partial charge in [-0.3, -0.25) is 0 Å². The van der Waals surface area contributed by atoms with Crippen LogP contribution in [0.1, 0.15) is 38.4 Å². The summed E-state index contributed by atoms with van der Waals surface area (Å²) in [5, 5.41) is 9.47. The van der Waals surface area contributed by atoms with Crippen LogP contribution in [0.5, 0.6) is 0 Å². The molecule has 1 aromatic rings. The smallest absolute Gasteiger partial charge is 0.128 e. The van der Waals surface area contributed by atoms with Crippen molar-refractivity contribution in [2.45, 2.75) is 38.4 Å². The van der Waals surface area contributed by atoms with Gasteiger partial charge in [0.1, 0.15) is 5.82 Å². The largest absolute Gasteiger partial charge is 0.389 e. The Bertz CT molecular complexity index is 391. The first-order valence-corrected chi connectivity index (χ1v) is 6.48. The van der Waals surface area contributed by atoms with Gasteiger partial charge in [0.25, 0.3) is 0 Å². The number of nitrogens with zero attached hydrogens (tertiary/aromatic N) is 2. The minimum absolute atomic E-state index is 0.0805. The SMILES string of the molecule is COC1(C)CCCN(c2ccc([C@H](C)O)cn2)C1. The van der Waals surface area contributed by atoms with E-state index < -0.39 is 6.10 Å². The van der Waals surface area contributed by atoms with Crippen molar-refractivity contribution in [3.8, 4) is 0 Å². The molecule has 0 bridgehead atoms. The Morgan fingerprint density at radius 2 is 2.28 bits per heavy atom. The predicted molar refractivity (Wildman–Crippen MR) is 71.7 cm³/mol. The van der Waals surface area contributed by atoms with Crippen molar-refractivity contribution in [1.29, 1.82) is 0 Å². The Morgan fingerprint density at radius 1 is 1.50 bits per heavy atom. The summed E-state index contributed by atoms with van der Waals surface area (Å²) in [6.07, 6.45) is 3.49. The predicted octanol–water partition coefficient (Wildman–Crippen LogP) is 2.14. The molecule has 0 amide bonds. The highest BCUT2D eigenvalue weighted by Crippen LogP contribution is 2.27. The van der Waals surface area contributed by atoms with E-state index in [1.54, 1.807) is 20.2 Å².